The first-order valence-corrected chi connectivity index (χ1v) is 5.59. The highest BCUT2D eigenvalue weighted by Crippen LogP contribution is 2.35. The molecule has 2 aliphatic rings. The highest BCUT2D eigenvalue weighted by atomic mass is 15.3. The summed E-state index contributed by atoms with van der Waals surface area (Å²) in [6, 6.07) is 0.872. The third-order valence-electron chi connectivity index (χ3n) is 3.84. The zero-order valence-electron chi connectivity index (χ0n) is 9.14. The van der Waals surface area contributed by atoms with Gasteiger partial charge in [0, 0.05) is 31.2 Å². The van der Waals surface area contributed by atoms with E-state index in [1.165, 1.54) is 25.9 Å². The summed E-state index contributed by atoms with van der Waals surface area (Å²) in [7, 11) is 0. The zero-order chi connectivity index (χ0) is 9.47. The quantitative estimate of drug-likeness (QED) is 0.660. The first kappa shape index (κ1) is 9.47. The summed E-state index contributed by atoms with van der Waals surface area (Å²) in [6.07, 6.45) is 2.86. The van der Waals surface area contributed by atoms with Crippen molar-refractivity contribution >= 4 is 0 Å². The molecule has 0 aromatic carbocycles. The van der Waals surface area contributed by atoms with Crippen molar-refractivity contribution in [3.8, 4) is 0 Å². The van der Waals surface area contributed by atoms with E-state index in [2.05, 4.69) is 31.0 Å². The Morgan fingerprint density at radius 1 is 1.31 bits per heavy atom. The lowest BCUT2D eigenvalue weighted by atomic mass is 9.77. The lowest BCUT2D eigenvalue weighted by molar-refractivity contribution is -0.0199. The normalized spacial score (nSPS) is 39.9. The van der Waals surface area contributed by atoms with Crippen molar-refractivity contribution in [2.24, 2.45) is 5.92 Å². The van der Waals surface area contributed by atoms with Gasteiger partial charge in [0.1, 0.15) is 0 Å². The van der Waals surface area contributed by atoms with Crippen LogP contribution in [0.2, 0.25) is 0 Å². The second-order valence-electron chi connectivity index (χ2n) is 5.30. The minimum absolute atomic E-state index is 0.373. The number of hydrogen-bond donors (Lipinski definition) is 1. The van der Waals surface area contributed by atoms with Gasteiger partial charge >= 0.3 is 0 Å². The molecule has 2 rings (SSSR count). The van der Waals surface area contributed by atoms with E-state index >= 15 is 0 Å². The van der Waals surface area contributed by atoms with Crippen molar-refractivity contribution in [1.29, 1.82) is 0 Å². The van der Waals surface area contributed by atoms with Crippen LogP contribution in [-0.4, -0.2) is 36.1 Å². The van der Waals surface area contributed by atoms with Crippen LogP contribution in [0.25, 0.3) is 0 Å². The van der Waals surface area contributed by atoms with Crippen molar-refractivity contribution in [2.45, 2.75) is 45.2 Å². The Labute approximate surface area is 81.7 Å². The number of piperazine rings is 1. The van der Waals surface area contributed by atoms with Gasteiger partial charge in [-0.1, -0.05) is 6.92 Å². The summed E-state index contributed by atoms with van der Waals surface area (Å²) < 4.78 is 0. The molecular formula is C11H22N2. The minimum Gasteiger partial charge on any atom is -0.314 e. The van der Waals surface area contributed by atoms with Gasteiger partial charge in [0.25, 0.3) is 0 Å². The molecule has 1 aliphatic heterocycles. The molecule has 1 aliphatic carbocycles. The molecule has 0 amide bonds. The molecule has 1 saturated carbocycles. The molecule has 1 heterocycles. The summed E-state index contributed by atoms with van der Waals surface area (Å²) >= 11 is 0. The maximum absolute atomic E-state index is 3.48. The lowest BCUT2D eigenvalue weighted by Crippen LogP contribution is -2.64. The number of nitrogens with zero attached hydrogens (tertiary/aromatic N) is 1. The van der Waals surface area contributed by atoms with E-state index in [9.17, 15) is 0 Å². The van der Waals surface area contributed by atoms with Gasteiger partial charge in [0.05, 0.1) is 0 Å². The predicted octanol–water partition coefficient (Wildman–Crippen LogP) is 1.47. The van der Waals surface area contributed by atoms with Crippen LogP contribution in [-0.2, 0) is 0 Å². The van der Waals surface area contributed by atoms with Gasteiger partial charge in [-0.05, 0) is 32.6 Å². The van der Waals surface area contributed by atoms with E-state index in [-0.39, 0.29) is 0 Å². The van der Waals surface area contributed by atoms with Crippen LogP contribution >= 0.6 is 0 Å². The van der Waals surface area contributed by atoms with Crippen molar-refractivity contribution < 1.29 is 0 Å². The van der Waals surface area contributed by atoms with E-state index in [0.29, 0.717) is 5.54 Å². The van der Waals surface area contributed by atoms with Crippen molar-refractivity contribution in [3.05, 3.63) is 0 Å². The molecule has 0 aromatic heterocycles. The average molecular weight is 182 g/mol. The molecule has 2 unspecified atom stereocenters. The van der Waals surface area contributed by atoms with Crippen molar-refractivity contribution in [3.63, 3.8) is 0 Å². The van der Waals surface area contributed by atoms with E-state index in [0.717, 1.165) is 18.5 Å². The minimum atomic E-state index is 0.373. The number of nitrogens with one attached hydrogen (secondary N) is 1. The van der Waals surface area contributed by atoms with Crippen molar-refractivity contribution in [2.75, 3.05) is 19.6 Å². The van der Waals surface area contributed by atoms with E-state index < -0.39 is 0 Å². The fourth-order valence-electron chi connectivity index (χ4n) is 2.72. The molecule has 2 nitrogen and oxygen atoms in total. The van der Waals surface area contributed by atoms with E-state index in [1.54, 1.807) is 0 Å². The number of hydrogen-bond acceptors (Lipinski definition) is 2. The van der Waals surface area contributed by atoms with Crippen molar-refractivity contribution in [1.82, 2.24) is 10.2 Å². The first-order chi connectivity index (χ1) is 6.11. The van der Waals surface area contributed by atoms with Gasteiger partial charge in [-0.2, -0.15) is 0 Å². The van der Waals surface area contributed by atoms with Crippen LogP contribution in [0.15, 0.2) is 0 Å². The van der Waals surface area contributed by atoms with Gasteiger partial charge in [-0.25, -0.2) is 0 Å². The first-order valence-electron chi connectivity index (χ1n) is 5.59. The highest BCUT2D eigenvalue weighted by Gasteiger charge is 2.40. The highest BCUT2D eigenvalue weighted by molar-refractivity contribution is 4.97. The largest absolute Gasteiger partial charge is 0.314 e. The lowest BCUT2D eigenvalue weighted by Gasteiger charge is -2.53. The second-order valence-corrected chi connectivity index (χ2v) is 5.30. The maximum Gasteiger partial charge on any atom is 0.0281 e. The molecule has 2 atom stereocenters. The third-order valence-corrected chi connectivity index (χ3v) is 3.84. The van der Waals surface area contributed by atoms with Crippen LogP contribution in [0.5, 0.6) is 0 Å². The molecule has 0 aromatic rings. The maximum atomic E-state index is 3.48. The van der Waals surface area contributed by atoms with Crippen LogP contribution in [0.4, 0.5) is 0 Å². The standard InChI is InChI=1S/C11H22N2/c1-9-4-5-10(9)13-7-6-12-8-11(13,2)3/h9-10,12H,4-8H2,1-3H3. The molecule has 2 fully saturated rings. The van der Waals surface area contributed by atoms with Gasteiger partial charge in [0.2, 0.25) is 0 Å². The molecule has 1 saturated heterocycles. The number of rotatable bonds is 1. The molecule has 1 N–H and O–H groups in total. The molecule has 0 bridgehead atoms. The molecule has 0 spiro atoms. The van der Waals surface area contributed by atoms with Gasteiger partial charge in [-0.3, -0.25) is 4.90 Å². The smallest absolute Gasteiger partial charge is 0.0281 e. The molecule has 13 heavy (non-hydrogen) atoms. The summed E-state index contributed by atoms with van der Waals surface area (Å²) in [5.74, 6) is 0.928. The Kier molecular flexibility index (Phi) is 2.37. The monoisotopic (exact) mass is 182 g/mol. The molecule has 76 valence electrons. The van der Waals surface area contributed by atoms with E-state index in [1.807, 2.05) is 0 Å². The molecule has 0 radical (unpaired) electrons. The molecule has 2 heteroatoms. The van der Waals surface area contributed by atoms with Gasteiger partial charge < -0.3 is 5.32 Å². The summed E-state index contributed by atoms with van der Waals surface area (Å²) in [5.41, 5.74) is 0.373. The van der Waals surface area contributed by atoms with E-state index in [4.69, 9.17) is 0 Å². The summed E-state index contributed by atoms with van der Waals surface area (Å²) in [6.45, 7) is 10.7. The fraction of sp³-hybridized carbons (Fsp3) is 1.00. The third kappa shape index (κ3) is 1.62. The Bertz CT molecular complexity index is 189. The average Bonchev–Trinajstić information content (AvgIpc) is 2.06. The van der Waals surface area contributed by atoms with Crippen LogP contribution in [0, 0.1) is 5.92 Å². The SMILES string of the molecule is CC1CCC1N1CCNCC1(C)C. The van der Waals surface area contributed by atoms with Gasteiger partial charge in [-0.15, -0.1) is 0 Å². The summed E-state index contributed by atoms with van der Waals surface area (Å²) in [5, 5.41) is 3.48. The Morgan fingerprint density at radius 3 is 2.54 bits per heavy atom. The van der Waals surface area contributed by atoms with Crippen LogP contribution < -0.4 is 5.32 Å². The van der Waals surface area contributed by atoms with Crippen LogP contribution in [0.3, 0.4) is 0 Å². The Hall–Kier alpha value is -0.0800. The fourth-order valence-corrected chi connectivity index (χ4v) is 2.72. The second kappa shape index (κ2) is 3.25. The zero-order valence-corrected chi connectivity index (χ0v) is 9.14. The van der Waals surface area contributed by atoms with Crippen LogP contribution in [0.1, 0.15) is 33.6 Å². The molecular weight excluding hydrogens is 160 g/mol. The Balaban J connectivity index is 2.03. The Morgan fingerprint density at radius 2 is 2.08 bits per heavy atom. The summed E-state index contributed by atoms with van der Waals surface area (Å²) in [4.78, 5) is 2.72. The topological polar surface area (TPSA) is 15.3 Å². The van der Waals surface area contributed by atoms with Gasteiger partial charge in [0.15, 0.2) is 0 Å². The predicted molar refractivity (Wildman–Crippen MR) is 55.8 cm³/mol.